The Balaban J connectivity index is 1.23. The molecule has 0 aliphatic rings. The molecule has 0 radical (unpaired) electrons. The largest absolute Gasteiger partial charge is 0.455 e. The summed E-state index contributed by atoms with van der Waals surface area (Å²) in [5.74, 6) is 1.85. The van der Waals surface area contributed by atoms with Crippen molar-refractivity contribution in [1.82, 2.24) is 15.0 Å². The molecular weight excluding hydrogens is 623 g/mol. The van der Waals surface area contributed by atoms with Crippen molar-refractivity contribution in [3.63, 3.8) is 0 Å². The first-order chi connectivity index (χ1) is 25.3. The van der Waals surface area contributed by atoms with E-state index in [4.69, 9.17) is 19.4 Å². The van der Waals surface area contributed by atoms with E-state index in [0.717, 1.165) is 71.7 Å². The number of aromatic nitrogens is 3. The quantitative estimate of drug-likeness (QED) is 0.186. The lowest BCUT2D eigenvalue weighted by Gasteiger charge is -2.12. The number of hydrogen-bond acceptors (Lipinski definition) is 4. The highest BCUT2D eigenvalue weighted by Crippen LogP contribution is 2.43. The summed E-state index contributed by atoms with van der Waals surface area (Å²) in [6.45, 7) is 0. The Labute approximate surface area is 294 Å². The van der Waals surface area contributed by atoms with Gasteiger partial charge in [-0.25, -0.2) is 15.0 Å². The van der Waals surface area contributed by atoms with Crippen LogP contribution in [0, 0.1) is 0 Å². The highest BCUT2D eigenvalue weighted by Gasteiger charge is 2.20. The second kappa shape index (κ2) is 11.9. The van der Waals surface area contributed by atoms with Crippen LogP contribution in [0.4, 0.5) is 0 Å². The van der Waals surface area contributed by atoms with Gasteiger partial charge in [-0.2, -0.15) is 0 Å². The van der Waals surface area contributed by atoms with E-state index in [1.54, 1.807) is 0 Å². The molecule has 0 saturated heterocycles. The predicted octanol–water partition coefficient (Wildman–Crippen LogP) is 12.4. The van der Waals surface area contributed by atoms with Crippen LogP contribution in [-0.4, -0.2) is 15.0 Å². The van der Waals surface area contributed by atoms with Crippen molar-refractivity contribution in [1.29, 1.82) is 0 Å². The van der Waals surface area contributed by atoms with Crippen LogP contribution >= 0.6 is 0 Å². The smallest absolute Gasteiger partial charge is 0.164 e. The third-order valence-electron chi connectivity index (χ3n) is 9.70. The van der Waals surface area contributed by atoms with Crippen molar-refractivity contribution in [3.05, 3.63) is 176 Å². The lowest BCUT2D eigenvalue weighted by molar-refractivity contribution is 0.673. The molecule has 0 bridgehead atoms. The van der Waals surface area contributed by atoms with Gasteiger partial charge < -0.3 is 4.42 Å². The summed E-state index contributed by atoms with van der Waals surface area (Å²) in [4.78, 5) is 15.4. The van der Waals surface area contributed by atoms with Crippen molar-refractivity contribution in [2.45, 2.75) is 0 Å². The molecule has 2 heterocycles. The minimum atomic E-state index is 0.611. The van der Waals surface area contributed by atoms with Gasteiger partial charge in [0.2, 0.25) is 0 Å². The Morgan fingerprint density at radius 2 is 0.961 bits per heavy atom. The average molecular weight is 652 g/mol. The Kier molecular flexibility index (Phi) is 6.78. The van der Waals surface area contributed by atoms with Crippen LogP contribution in [0.2, 0.25) is 0 Å². The molecule has 4 heteroatoms. The molecule has 8 aromatic carbocycles. The van der Waals surface area contributed by atoms with Crippen LogP contribution in [0.25, 0.3) is 99.9 Å². The maximum atomic E-state index is 6.69. The minimum Gasteiger partial charge on any atom is -0.455 e. The van der Waals surface area contributed by atoms with Crippen LogP contribution in [-0.2, 0) is 0 Å². The molecule has 51 heavy (non-hydrogen) atoms. The molecule has 238 valence electrons. The maximum absolute atomic E-state index is 6.69. The Morgan fingerprint density at radius 1 is 0.333 bits per heavy atom. The standard InChI is InChI=1S/C47H29N3O/c1-3-13-30(14-4-1)34-19-11-20-36(28-34)46-48-45(32-16-5-2-6-17-32)49-47(50-46)40-29-41-43-37(35-26-25-31-15-7-8-18-33(31)27-35)23-12-24-42(43)51-44(41)39-22-10-9-21-38(39)40/h1-29H. The van der Waals surface area contributed by atoms with Crippen LogP contribution in [0.1, 0.15) is 0 Å². The second-order valence-corrected chi connectivity index (χ2v) is 12.8. The van der Waals surface area contributed by atoms with E-state index in [9.17, 15) is 0 Å². The maximum Gasteiger partial charge on any atom is 0.164 e. The molecule has 4 nitrogen and oxygen atoms in total. The Hall–Kier alpha value is -6.91. The third kappa shape index (κ3) is 5.04. The molecule has 0 saturated carbocycles. The predicted molar refractivity (Wildman–Crippen MR) is 209 cm³/mol. The second-order valence-electron chi connectivity index (χ2n) is 12.8. The molecule has 0 atom stereocenters. The number of benzene rings is 8. The molecule has 0 amide bonds. The monoisotopic (exact) mass is 651 g/mol. The van der Waals surface area contributed by atoms with Gasteiger partial charge in [-0.1, -0.05) is 152 Å². The molecule has 0 unspecified atom stereocenters. The first-order valence-corrected chi connectivity index (χ1v) is 17.1. The fourth-order valence-electron chi connectivity index (χ4n) is 7.24. The van der Waals surface area contributed by atoms with Gasteiger partial charge in [-0.3, -0.25) is 0 Å². The highest BCUT2D eigenvalue weighted by molar-refractivity contribution is 6.22. The SMILES string of the molecule is c1ccc(-c2cccc(-c3nc(-c4ccccc4)nc(-c4cc5c(oc6cccc(-c7ccc8ccccc8c7)c65)c5ccccc45)n3)c2)cc1. The Morgan fingerprint density at radius 3 is 1.78 bits per heavy atom. The lowest BCUT2D eigenvalue weighted by Crippen LogP contribution is -2.00. The molecular formula is C47H29N3O. The molecule has 0 aliphatic heterocycles. The molecule has 0 spiro atoms. The van der Waals surface area contributed by atoms with Crippen molar-refractivity contribution >= 4 is 43.5 Å². The summed E-state index contributed by atoms with van der Waals surface area (Å²) >= 11 is 0. The number of hydrogen-bond donors (Lipinski definition) is 0. The van der Waals surface area contributed by atoms with Gasteiger partial charge in [0.15, 0.2) is 17.5 Å². The van der Waals surface area contributed by atoms with E-state index in [2.05, 4.69) is 140 Å². The molecule has 10 aromatic rings. The zero-order chi connectivity index (χ0) is 33.7. The van der Waals surface area contributed by atoms with Gasteiger partial charge in [0, 0.05) is 32.8 Å². The van der Waals surface area contributed by atoms with E-state index in [-0.39, 0.29) is 0 Å². The summed E-state index contributed by atoms with van der Waals surface area (Å²) in [6.07, 6.45) is 0. The summed E-state index contributed by atoms with van der Waals surface area (Å²) < 4.78 is 6.69. The zero-order valence-electron chi connectivity index (χ0n) is 27.5. The van der Waals surface area contributed by atoms with Gasteiger partial charge in [-0.15, -0.1) is 0 Å². The number of furan rings is 1. The number of fused-ring (bicyclic) bond motifs is 6. The summed E-state index contributed by atoms with van der Waals surface area (Å²) in [7, 11) is 0. The van der Waals surface area contributed by atoms with Gasteiger partial charge in [-0.05, 0) is 62.7 Å². The summed E-state index contributed by atoms with van der Waals surface area (Å²) in [6, 6.07) is 61.0. The first-order valence-electron chi connectivity index (χ1n) is 17.1. The third-order valence-corrected chi connectivity index (χ3v) is 9.70. The molecule has 0 fully saturated rings. The highest BCUT2D eigenvalue weighted by atomic mass is 16.3. The minimum absolute atomic E-state index is 0.611. The first kappa shape index (κ1) is 29.0. The van der Waals surface area contributed by atoms with E-state index >= 15 is 0 Å². The van der Waals surface area contributed by atoms with E-state index in [1.807, 2.05) is 36.4 Å². The van der Waals surface area contributed by atoms with Crippen molar-refractivity contribution in [2.75, 3.05) is 0 Å². The van der Waals surface area contributed by atoms with Crippen LogP contribution < -0.4 is 0 Å². The van der Waals surface area contributed by atoms with Crippen LogP contribution in [0.15, 0.2) is 180 Å². The molecule has 10 rings (SSSR count). The van der Waals surface area contributed by atoms with Crippen LogP contribution in [0.5, 0.6) is 0 Å². The van der Waals surface area contributed by atoms with Gasteiger partial charge in [0.05, 0.1) is 0 Å². The van der Waals surface area contributed by atoms with Crippen LogP contribution in [0.3, 0.4) is 0 Å². The van der Waals surface area contributed by atoms with Crippen molar-refractivity contribution in [3.8, 4) is 56.4 Å². The fraction of sp³-hybridized carbons (Fsp3) is 0. The summed E-state index contributed by atoms with van der Waals surface area (Å²) in [5.41, 5.74) is 8.99. The number of nitrogens with zero attached hydrogens (tertiary/aromatic N) is 3. The fourth-order valence-corrected chi connectivity index (χ4v) is 7.24. The van der Waals surface area contributed by atoms with E-state index in [0.29, 0.717) is 17.5 Å². The normalized spacial score (nSPS) is 11.5. The zero-order valence-corrected chi connectivity index (χ0v) is 27.5. The molecule has 0 N–H and O–H groups in total. The summed E-state index contributed by atoms with van der Waals surface area (Å²) in [5, 5.41) is 6.55. The molecule has 0 aliphatic carbocycles. The average Bonchev–Trinajstić information content (AvgIpc) is 3.60. The van der Waals surface area contributed by atoms with E-state index < -0.39 is 0 Å². The van der Waals surface area contributed by atoms with Crippen molar-refractivity contribution < 1.29 is 4.42 Å². The topological polar surface area (TPSA) is 51.8 Å². The van der Waals surface area contributed by atoms with Crippen molar-refractivity contribution in [2.24, 2.45) is 0 Å². The van der Waals surface area contributed by atoms with Gasteiger partial charge in [0.1, 0.15) is 11.2 Å². The molecule has 2 aromatic heterocycles. The Bertz CT molecular complexity index is 2910. The van der Waals surface area contributed by atoms with Gasteiger partial charge in [0.25, 0.3) is 0 Å². The van der Waals surface area contributed by atoms with E-state index in [1.165, 1.54) is 10.8 Å². The number of rotatable bonds is 5. The lowest BCUT2D eigenvalue weighted by atomic mass is 9.94. The van der Waals surface area contributed by atoms with Gasteiger partial charge >= 0.3 is 0 Å².